The predicted molar refractivity (Wildman–Crippen MR) is 104 cm³/mol. The molecule has 148 valence electrons. The van der Waals surface area contributed by atoms with Gasteiger partial charge < -0.3 is 10.6 Å². The van der Waals surface area contributed by atoms with E-state index in [9.17, 15) is 18.4 Å². The number of benzene rings is 2. The smallest absolute Gasteiger partial charge is 0.256 e. The number of piperidine rings is 1. The molecule has 1 saturated heterocycles. The third kappa shape index (κ3) is 3.68. The largest absolute Gasteiger partial charge is 0.366 e. The summed E-state index contributed by atoms with van der Waals surface area (Å²) in [5, 5.41) is 0.509. The maximum Gasteiger partial charge on any atom is 0.256 e. The third-order valence-electron chi connectivity index (χ3n) is 5.34. The summed E-state index contributed by atoms with van der Waals surface area (Å²) >= 11 is 0. The Balaban J connectivity index is 1.58. The summed E-state index contributed by atoms with van der Waals surface area (Å²) in [6.07, 6.45) is 1.14. The number of halogens is 2. The van der Waals surface area contributed by atoms with Crippen molar-refractivity contribution in [2.45, 2.75) is 18.8 Å². The Kier molecular flexibility index (Phi) is 4.96. The van der Waals surface area contributed by atoms with E-state index in [4.69, 9.17) is 5.73 Å². The van der Waals surface area contributed by atoms with Crippen LogP contribution < -0.4 is 5.73 Å². The Morgan fingerprint density at radius 1 is 1.00 bits per heavy atom. The van der Waals surface area contributed by atoms with Crippen LogP contribution in [0.1, 0.15) is 45.2 Å². The highest BCUT2D eigenvalue weighted by Crippen LogP contribution is 2.31. The summed E-state index contributed by atoms with van der Waals surface area (Å²) in [6, 6.07) is 11.7. The molecule has 29 heavy (non-hydrogen) atoms. The lowest BCUT2D eigenvalue weighted by Crippen LogP contribution is -2.38. The fraction of sp³-hybridized carbons (Fsp3) is 0.227. The molecule has 0 unspecified atom stereocenters. The number of nitrogens with zero attached hydrogens (tertiary/aromatic N) is 2. The molecule has 0 spiro atoms. The molecule has 1 aliphatic rings. The van der Waals surface area contributed by atoms with Gasteiger partial charge in [-0.2, -0.15) is 0 Å². The molecule has 2 N–H and O–H groups in total. The van der Waals surface area contributed by atoms with E-state index in [2.05, 4.69) is 4.98 Å². The Morgan fingerprint density at radius 3 is 2.41 bits per heavy atom. The molecule has 0 radical (unpaired) electrons. The molecule has 2 aromatic carbocycles. The lowest BCUT2D eigenvalue weighted by atomic mass is 9.89. The summed E-state index contributed by atoms with van der Waals surface area (Å²) in [5.74, 6) is -2.00. The predicted octanol–water partition coefficient (Wildman–Crippen LogP) is 3.63. The van der Waals surface area contributed by atoms with Crippen LogP contribution in [0.2, 0.25) is 0 Å². The van der Waals surface area contributed by atoms with Crippen LogP contribution >= 0.6 is 0 Å². The van der Waals surface area contributed by atoms with Crippen LogP contribution in [-0.4, -0.2) is 34.8 Å². The molecule has 0 aliphatic carbocycles. The summed E-state index contributed by atoms with van der Waals surface area (Å²) in [5.41, 5.74) is 7.00. The Hall–Kier alpha value is -3.35. The fourth-order valence-electron chi connectivity index (χ4n) is 3.83. The second kappa shape index (κ2) is 7.58. The molecule has 2 heterocycles. The van der Waals surface area contributed by atoms with Crippen molar-refractivity contribution in [2.24, 2.45) is 5.73 Å². The van der Waals surface area contributed by atoms with Gasteiger partial charge >= 0.3 is 0 Å². The average molecular weight is 395 g/mol. The maximum absolute atomic E-state index is 13.9. The van der Waals surface area contributed by atoms with Crippen LogP contribution in [-0.2, 0) is 0 Å². The minimum atomic E-state index is -0.622. The molecule has 3 aromatic rings. The molecule has 4 rings (SSSR count). The second-order valence-electron chi connectivity index (χ2n) is 7.17. The van der Waals surface area contributed by atoms with Crippen molar-refractivity contribution in [1.29, 1.82) is 0 Å². The SMILES string of the molecule is NC(=O)c1cc2cc(F)ccc2nc1C1CCN(C(=O)c2ccccc2F)CC1. The first-order chi connectivity index (χ1) is 13.9. The molecule has 2 amide bonds. The second-order valence-corrected chi connectivity index (χ2v) is 7.17. The normalized spacial score (nSPS) is 14.9. The van der Waals surface area contributed by atoms with Gasteiger partial charge in [-0.05, 0) is 49.2 Å². The maximum atomic E-state index is 13.9. The highest BCUT2D eigenvalue weighted by Gasteiger charge is 2.29. The zero-order valence-electron chi connectivity index (χ0n) is 15.6. The Bertz CT molecular complexity index is 1110. The van der Waals surface area contributed by atoms with Crippen molar-refractivity contribution in [3.63, 3.8) is 0 Å². The molecule has 1 aromatic heterocycles. The standard InChI is InChI=1S/C22H19F2N3O2/c23-15-5-6-19-14(11-15)12-17(21(25)28)20(26-19)13-7-9-27(10-8-13)22(29)16-3-1-2-4-18(16)24/h1-6,11-13H,7-10H2,(H2,25,28). The van der Waals surface area contributed by atoms with Gasteiger partial charge in [-0.15, -0.1) is 0 Å². The summed E-state index contributed by atoms with van der Waals surface area (Å²) in [4.78, 5) is 30.8. The summed E-state index contributed by atoms with van der Waals surface area (Å²) < 4.78 is 27.4. The van der Waals surface area contributed by atoms with Gasteiger partial charge in [-0.3, -0.25) is 14.6 Å². The number of carbonyl (C=O) groups is 2. The van der Waals surface area contributed by atoms with Crippen LogP contribution in [0, 0.1) is 11.6 Å². The van der Waals surface area contributed by atoms with Crippen LogP contribution in [0.3, 0.4) is 0 Å². The number of rotatable bonds is 3. The number of carbonyl (C=O) groups excluding carboxylic acids is 2. The van der Waals surface area contributed by atoms with E-state index in [1.807, 2.05) is 0 Å². The molecular weight excluding hydrogens is 376 g/mol. The topological polar surface area (TPSA) is 76.3 Å². The number of amides is 2. The van der Waals surface area contributed by atoms with Crippen molar-refractivity contribution in [3.8, 4) is 0 Å². The van der Waals surface area contributed by atoms with E-state index >= 15 is 0 Å². The number of pyridine rings is 1. The van der Waals surface area contributed by atoms with Gasteiger partial charge in [-0.1, -0.05) is 12.1 Å². The van der Waals surface area contributed by atoms with Gasteiger partial charge in [0.05, 0.1) is 22.3 Å². The third-order valence-corrected chi connectivity index (χ3v) is 5.34. The molecule has 0 atom stereocenters. The molecule has 0 saturated carbocycles. The van der Waals surface area contributed by atoms with Gasteiger partial charge in [-0.25, -0.2) is 8.78 Å². The van der Waals surface area contributed by atoms with Crippen molar-refractivity contribution in [1.82, 2.24) is 9.88 Å². The molecule has 1 aliphatic heterocycles. The Labute approximate surface area is 166 Å². The van der Waals surface area contributed by atoms with Crippen LogP contribution in [0.4, 0.5) is 8.78 Å². The van der Waals surface area contributed by atoms with E-state index in [0.717, 1.165) is 0 Å². The molecule has 0 bridgehead atoms. The van der Waals surface area contributed by atoms with Crippen LogP contribution in [0.25, 0.3) is 10.9 Å². The summed E-state index contributed by atoms with van der Waals surface area (Å²) in [7, 11) is 0. The first kappa shape index (κ1) is 19.0. The van der Waals surface area contributed by atoms with E-state index < -0.39 is 17.5 Å². The average Bonchev–Trinajstić information content (AvgIpc) is 2.72. The van der Waals surface area contributed by atoms with Crippen LogP contribution in [0.15, 0.2) is 48.5 Å². The zero-order chi connectivity index (χ0) is 20.5. The molecule has 7 heteroatoms. The van der Waals surface area contributed by atoms with Gasteiger partial charge in [0.1, 0.15) is 11.6 Å². The van der Waals surface area contributed by atoms with E-state index in [-0.39, 0.29) is 23.0 Å². The number of primary amides is 1. The molecule has 1 fully saturated rings. The van der Waals surface area contributed by atoms with E-state index in [1.54, 1.807) is 29.2 Å². The zero-order valence-corrected chi connectivity index (χ0v) is 15.6. The number of likely N-dealkylation sites (tertiary alicyclic amines) is 1. The minimum absolute atomic E-state index is 0.0506. The number of hydrogen-bond donors (Lipinski definition) is 1. The first-order valence-corrected chi connectivity index (χ1v) is 9.38. The van der Waals surface area contributed by atoms with Gasteiger partial charge in [0.25, 0.3) is 11.8 Å². The molecule has 5 nitrogen and oxygen atoms in total. The highest BCUT2D eigenvalue weighted by molar-refractivity contribution is 5.98. The van der Waals surface area contributed by atoms with Gasteiger partial charge in [0, 0.05) is 24.4 Å². The fourth-order valence-corrected chi connectivity index (χ4v) is 3.83. The van der Waals surface area contributed by atoms with Crippen molar-refractivity contribution in [2.75, 3.05) is 13.1 Å². The lowest BCUT2D eigenvalue weighted by Gasteiger charge is -2.32. The number of hydrogen-bond acceptors (Lipinski definition) is 3. The van der Waals surface area contributed by atoms with Gasteiger partial charge in [0.15, 0.2) is 0 Å². The Morgan fingerprint density at radius 2 is 1.72 bits per heavy atom. The van der Waals surface area contributed by atoms with E-state index in [0.29, 0.717) is 42.5 Å². The van der Waals surface area contributed by atoms with Crippen molar-refractivity contribution < 1.29 is 18.4 Å². The number of aromatic nitrogens is 1. The van der Waals surface area contributed by atoms with E-state index in [1.165, 1.54) is 24.3 Å². The quantitative estimate of drug-likeness (QED) is 0.736. The minimum Gasteiger partial charge on any atom is -0.366 e. The number of fused-ring (bicyclic) bond motifs is 1. The molecular formula is C22H19F2N3O2. The van der Waals surface area contributed by atoms with Crippen LogP contribution in [0.5, 0.6) is 0 Å². The van der Waals surface area contributed by atoms with Crippen molar-refractivity contribution >= 4 is 22.7 Å². The first-order valence-electron chi connectivity index (χ1n) is 9.38. The number of nitrogens with two attached hydrogens (primary N) is 1. The summed E-state index contributed by atoms with van der Waals surface area (Å²) in [6.45, 7) is 0.832. The highest BCUT2D eigenvalue weighted by atomic mass is 19.1. The monoisotopic (exact) mass is 395 g/mol. The van der Waals surface area contributed by atoms with Crippen molar-refractivity contribution in [3.05, 3.63) is 77.0 Å². The van der Waals surface area contributed by atoms with Gasteiger partial charge in [0.2, 0.25) is 0 Å². The lowest BCUT2D eigenvalue weighted by molar-refractivity contribution is 0.0706.